The van der Waals surface area contributed by atoms with Gasteiger partial charge in [0, 0.05) is 34.5 Å². The fraction of sp³-hybridized carbons (Fsp3) is 0.885. The number of carboxylic acids is 2. The van der Waals surface area contributed by atoms with Crippen LogP contribution in [-0.2, 0) is 28.9 Å². The summed E-state index contributed by atoms with van der Waals surface area (Å²) in [5.41, 5.74) is 0. The number of hydrogen-bond acceptors (Lipinski definition) is 10. The Morgan fingerprint density at radius 3 is 1.85 bits per heavy atom. The van der Waals surface area contributed by atoms with Gasteiger partial charge in [0.15, 0.2) is 0 Å². The highest BCUT2D eigenvalue weighted by Gasteiger charge is 2.51. The van der Waals surface area contributed by atoms with Crippen molar-refractivity contribution in [3.05, 3.63) is 20.2 Å². The van der Waals surface area contributed by atoms with Crippen LogP contribution in [0.1, 0.15) is 77.0 Å². The molecule has 0 radical (unpaired) electrons. The fourth-order valence-electron chi connectivity index (χ4n) is 7.65. The van der Waals surface area contributed by atoms with E-state index < -0.39 is 69.6 Å². The first-order valence-corrected chi connectivity index (χ1v) is 14.3. The lowest BCUT2D eigenvalue weighted by Crippen LogP contribution is -2.49. The maximum absolute atomic E-state index is 13.2. The Morgan fingerprint density at radius 1 is 0.700 bits per heavy atom. The molecule has 14 nitrogen and oxygen atoms in total. The van der Waals surface area contributed by atoms with E-state index in [9.17, 15) is 44.8 Å². The van der Waals surface area contributed by atoms with Crippen LogP contribution in [0, 0.1) is 55.7 Å². The standard InChI is InChI=1S/C26H38N2O12/c29-24(30)22-14(5-3-9-18(22)27(34)35)13-38-40-21-12-11-20(15-6-1-2-7-16(15)21)39-26(33)17-8-4-10-19(28(36)37)23(17)25(31)32/h14-23H,1-13H2,(H,29,30)(H,31,32). The van der Waals surface area contributed by atoms with Gasteiger partial charge in [-0.3, -0.25) is 34.6 Å². The van der Waals surface area contributed by atoms with Crippen molar-refractivity contribution in [2.24, 2.45) is 35.5 Å². The number of nitrogens with zero attached hydrogens (tertiary/aromatic N) is 2. The molecule has 4 aliphatic rings. The maximum Gasteiger partial charge on any atom is 0.314 e. The zero-order valence-corrected chi connectivity index (χ0v) is 22.3. The van der Waals surface area contributed by atoms with Crippen LogP contribution in [-0.4, -0.2) is 68.9 Å². The highest BCUT2D eigenvalue weighted by Crippen LogP contribution is 2.44. The van der Waals surface area contributed by atoms with Crippen molar-refractivity contribution in [2.45, 2.75) is 101 Å². The number of rotatable bonds is 10. The molecular formula is C26H38N2O12. The Kier molecular flexibility index (Phi) is 9.93. The summed E-state index contributed by atoms with van der Waals surface area (Å²) < 4.78 is 5.88. The molecule has 0 bridgehead atoms. The average molecular weight is 571 g/mol. The summed E-state index contributed by atoms with van der Waals surface area (Å²) in [5, 5.41) is 42.1. The molecule has 2 N–H and O–H groups in total. The van der Waals surface area contributed by atoms with E-state index in [2.05, 4.69) is 0 Å². The highest BCUT2D eigenvalue weighted by atomic mass is 17.2. The zero-order chi connectivity index (χ0) is 29.0. The van der Waals surface area contributed by atoms with Crippen molar-refractivity contribution >= 4 is 17.9 Å². The molecule has 10 atom stereocenters. The Bertz CT molecular complexity index is 975. The summed E-state index contributed by atoms with van der Waals surface area (Å²) in [4.78, 5) is 69.8. The summed E-state index contributed by atoms with van der Waals surface area (Å²) in [5.74, 6) is -7.48. The van der Waals surface area contributed by atoms with Crippen LogP contribution < -0.4 is 0 Å². The number of carbonyl (C=O) groups excluding carboxylic acids is 1. The zero-order valence-electron chi connectivity index (χ0n) is 22.3. The number of carboxylic acid groups (broad SMARTS) is 2. The van der Waals surface area contributed by atoms with Gasteiger partial charge in [-0.2, -0.15) is 0 Å². The second-order valence-corrected chi connectivity index (χ2v) is 11.7. The van der Waals surface area contributed by atoms with Gasteiger partial charge in [0.25, 0.3) is 0 Å². The predicted molar refractivity (Wildman–Crippen MR) is 134 cm³/mol. The van der Waals surface area contributed by atoms with E-state index in [1.165, 1.54) is 0 Å². The first kappa shape index (κ1) is 30.1. The van der Waals surface area contributed by atoms with E-state index in [4.69, 9.17) is 14.5 Å². The van der Waals surface area contributed by atoms with Gasteiger partial charge in [-0.1, -0.05) is 12.8 Å². The molecule has 0 amide bonds. The van der Waals surface area contributed by atoms with Crippen LogP contribution in [0.4, 0.5) is 0 Å². The molecular weight excluding hydrogens is 532 g/mol. The molecule has 14 heteroatoms. The van der Waals surface area contributed by atoms with Crippen molar-refractivity contribution in [3.63, 3.8) is 0 Å². The molecule has 0 spiro atoms. The molecule has 0 aromatic carbocycles. The second kappa shape index (κ2) is 13.2. The first-order valence-electron chi connectivity index (χ1n) is 14.3. The van der Waals surface area contributed by atoms with Crippen molar-refractivity contribution in [3.8, 4) is 0 Å². The highest BCUT2D eigenvalue weighted by molar-refractivity contribution is 5.82. The smallest absolute Gasteiger partial charge is 0.314 e. The molecule has 224 valence electrons. The van der Waals surface area contributed by atoms with Crippen molar-refractivity contribution < 1.29 is 49.0 Å². The Hall–Kier alpha value is -2.87. The third-order valence-corrected chi connectivity index (χ3v) is 9.58. The summed E-state index contributed by atoms with van der Waals surface area (Å²) >= 11 is 0. The Labute approximate surface area is 230 Å². The van der Waals surface area contributed by atoms with Gasteiger partial charge in [0.05, 0.1) is 18.6 Å². The quantitative estimate of drug-likeness (QED) is 0.168. The number of nitro groups is 2. The lowest BCUT2D eigenvalue weighted by molar-refractivity contribution is -0.536. The summed E-state index contributed by atoms with van der Waals surface area (Å²) in [7, 11) is 0. The third kappa shape index (κ3) is 6.54. The van der Waals surface area contributed by atoms with E-state index >= 15 is 0 Å². The molecule has 4 fully saturated rings. The van der Waals surface area contributed by atoms with Crippen LogP contribution in [0.15, 0.2) is 0 Å². The van der Waals surface area contributed by atoms with Gasteiger partial charge in [-0.25, -0.2) is 9.78 Å². The fourth-order valence-corrected chi connectivity index (χ4v) is 7.65. The van der Waals surface area contributed by atoms with Crippen molar-refractivity contribution in [1.82, 2.24) is 0 Å². The minimum atomic E-state index is -1.42. The van der Waals surface area contributed by atoms with Gasteiger partial charge in [0.2, 0.25) is 12.1 Å². The number of aliphatic carboxylic acids is 2. The third-order valence-electron chi connectivity index (χ3n) is 9.58. The second-order valence-electron chi connectivity index (χ2n) is 11.7. The van der Waals surface area contributed by atoms with Gasteiger partial charge in [-0.05, 0) is 57.3 Å². The molecule has 0 saturated heterocycles. The van der Waals surface area contributed by atoms with Crippen molar-refractivity contribution in [2.75, 3.05) is 6.61 Å². The van der Waals surface area contributed by atoms with Crippen molar-refractivity contribution in [1.29, 1.82) is 0 Å². The van der Waals surface area contributed by atoms with Gasteiger partial charge in [-0.15, -0.1) is 0 Å². The largest absolute Gasteiger partial charge is 0.481 e. The summed E-state index contributed by atoms with van der Waals surface area (Å²) in [6, 6.07) is -2.48. The molecule has 40 heavy (non-hydrogen) atoms. The normalized spacial score (nSPS) is 38.0. The summed E-state index contributed by atoms with van der Waals surface area (Å²) in [6.45, 7) is -0.0660. The predicted octanol–water partition coefficient (Wildman–Crippen LogP) is 3.11. The van der Waals surface area contributed by atoms with Crippen LogP contribution in [0.2, 0.25) is 0 Å². The molecule has 0 heterocycles. The maximum atomic E-state index is 13.2. The van der Waals surface area contributed by atoms with Crippen LogP contribution in [0.3, 0.4) is 0 Å². The molecule has 0 aromatic heterocycles. The van der Waals surface area contributed by atoms with Gasteiger partial charge < -0.3 is 14.9 Å². The van der Waals surface area contributed by atoms with Gasteiger partial charge >= 0.3 is 17.9 Å². The molecule has 0 aromatic rings. The Balaban J connectivity index is 1.36. The minimum Gasteiger partial charge on any atom is -0.481 e. The molecule has 4 aliphatic carbocycles. The lowest BCUT2D eigenvalue weighted by Gasteiger charge is -2.45. The molecule has 10 unspecified atom stereocenters. The number of hydrogen-bond donors (Lipinski definition) is 2. The Morgan fingerprint density at radius 2 is 1.25 bits per heavy atom. The molecule has 4 rings (SSSR count). The monoisotopic (exact) mass is 570 g/mol. The van der Waals surface area contributed by atoms with E-state index in [1.807, 2.05) is 0 Å². The first-order chi connectivity index (χ1) is 19.1. The minimum absolute atomic E-state index is 0.00148. The number of carbonyl (C=O) groups is 3. The van der Waals surface area contributed by atoms with Crippen LogP contribution in [0.5, 0.6) is 0 Å². The lowest BCUT2D eigenvalue weighted by atomic mass is 9.68. The molecule has 0 aliphatic heterocycles. The SMILES string of the molecule is O=C(OC1CCC(OOCC2CCCC([N+](=O)[O-])C2C(=O)O)C2CCCCC12)C1CCCC([N+](=O)[O-])C1C(=O)O. The van der Waals surface area contributed by atoms with Crippen LogP contribution >= 0.6 is 0 Å². The van der Waals surface area contributed by atoms with E-state index in [0.29, 0.717) is 32.1 Å². The topological polar surface area (TPSA) is 206 Å². The number of ether oxygens (including phenoxy) is 1. The van der Waals surface area contributed by atoms with E-state index in [-0.39, 0.29) is 43.8 Å². The summed E-state index contributed by atoms with van der Waals surface area (Å²) in [6.07, 6.45) is 5.61. The number of esters is 1. The van der Waals surface area contributed by atoms with Crippen LogP contribution in [0.25, 0.3) is 0 Å². The van der Waals surface area contributed by atoms with E-state index in [0.717, 1.165) is 25.7 Å². The molecule has 4 saturated carbocycles. The number of fused-ring (bicyclic) bond motifs is 1. The van der Waals surface area contributed by atoms with Gasteiger partial charge in [0.1, 0.15) is 17.9 Å². The average Bonchev–Trinajstić information content (AvgIpc) is 2.93. The van der Waals surface area contributed by atoms with E-state index in [1.54, 1.807) is 0 Å².